The van der Waals surface area contributed by atoms with E-state index in [1.54, 1.807) is 0 Å². The van der Waals surface area contributed by atoms with E-state index < -0.39 is 60.5 Å². The van der Waals surface area contributed by atoms with Crippen molar-refractivity contribution in [3.05, 3.63) is 59.7 Å². The molecule has 34 heavy (non-hydrogen) atoms. The first-order valence-corrected chi connectivity index (χ1v) is 10.1. The summed E-state index contributed by atoms with van der Waals surface area (Å²) in [5.74, 6) is -8.86. The van der Waals surface area contributed by atoms with E-state index in [2.05, 4.69) is 15.0 Å². The van der Waals surface area contributed by atoms with Crippen LogP contribution in [-0.2, 0) is 14.3 Å². The van der Waals surface area contributed by atoms with Gasteiger partial charge in [0.05, 0.1) is 17.5 Å². The second-order valence-electron chi connectivity index (χ2n) is 7.62. The zero-order valence-corrected chi connectivity index (χ0v) is 17.5. The summed E-state index contributed by atoms with van der Waals surface area (Å²) in [6, 6.07) is 3.84. The molecular weight excluding hydrogens is 468 g/mol. The summed E-state index contributed by atoms with van der Waals surface area (Å²) in [4.78, 5) is 28.8. The minimum absolute atomic E-state index is 0.0129. The highest BCUT2D eigenvalue weighted by molar-refractivity contribution is 6.45. The SMILES string of the molecule is N/C(=C\C(=O)C(=O)Nc1c(-c2cc(F)ccc2F)ccnc1C1CCC(F)(F)CC1)OC(F)F. The normalized spacial score (nSPS) is 16.4. The van der Waals surface area contributed by atoms with Crippen LogP contribution in [0.2, 0.25) is 0 Å². The van der Waals surface area contributed by atoms with E-state index in [1.165, 1.54) is 12.3 Å². The summed E-state index contributed by atoms with van der Waals surface area (Å²) in [5.41, 5.74) is 4.69. The lowest BCUT2D eigenvalue weighted by atomic mass is 9.83. The van der Waals surface area contributed by atoms with Crippen molar-refractivity contribution in [1.29, 1.82) is 0 Å². The average Bonchev–Trinajstić information content (AvgIpc) is 2.75. The Labute approximate surface area is 189 Å². The van der Waals surface area contributed by atoms with Gasteiger partial charge in [0.1, 0.15) is 11.6 Å². The van der Waals surface area contributed by atoms with Crippen LogP contribution in [0, 0.1) is 11.6 Å². The van der Waals surface area contributed by atoms with Crippen molar-refractivity contribution in [1.82, 2.24) is 4.98 Å². The number of benzene rings is 1. The van der Waals surface area contributed by atoms with Crippen LogP contribution in [0.3, 0.4) is 0 Å². The lowest BCUT2D eigenvalue weighted by molar-refractivity contribution is -0.132. The van der Waals surface area contributed by atoms with Gasteiger partial charge in [-0.2, -0.15) is 8.78 Å². The monoisotopic (exact) mass is 487 g/mol. The summed E-state index contributed by atoms with van der Waals surface area (Å²) in [7, 11) is 0. The van der Waals surface area contributed by atoms with Crippen molar-refractivity contribution >= 4 is 17.4 Å². The highest BCUT2D eigenvalue weighted by Crippen LogP contribution is 2.44. The van der Waals surface area contributed by atoms with Crippen LogP contribution >= 0.6 is 0 Å². The molecule has 0 unspecified atom stereocenters. The zero-order chi connectivity index (χ0) is 25.0. The smallest absolute Gasteiger partial charge is 0.388 e. The van der Waals surface area contributed by atoms with Crippen molar-refractivity contribution < 1.29 is 40.7 Å². The van der Waals surface area contributed by atoms with Gasteiger partial charge in [-0.3, -0.25) is 14.6 Å². The maximum Gasteiger partial charge on any atom is 0.388 e. The van der Waals surface area contributed by atoms with E-state index >= 15 is 0 Å². The fourth-order valence-corrected chi connectivity index (χ4v) is 3.67. The van der Waals surface area contributed by atoms with Crippen LogP contribution in [0.5, 0.6) is 0 Å². The highest BCUT2D eigenvalue weighted by atomic mass is 19.3. The molecule has 0 bridgehead atoms. The molecule has 1 aliphatic rings. The number of hydrogen-bond acceptors (Lipinski definition) is 5. The number of pyridine rings is 1. The maximum atomic E-state index is 14.5. The predicted octanol–water partition coefficient (Wildman–Crippen LogP) is 4.87. The van der Waals surface area contributed by atoms with E-state index in [1.807, 2.05) is 0 Å². The number of nitrogens with two attached hydrogens (primary N) is 1. The van der Waals surface area contributed by atoms with Crippen molar-refractivity contribution in [3.8, 4) is 11.1 Å². The Morgan fingerprint density at radius 2 is 1.82 bits per heavy atom. The lowest BCUT2D eigenvalue weighted by Crippen LogP contribution is -2.27. The largest absolute Gasteiger partial charge is 0.419 e. The molecule has 1 aromatic carbocycles. The molecule has 182 valence electrons. The van der Waals surface area contributed by atoms with Crippen molar-refractivity contribution in [2.75, 3.05) is 5.32 Å². The fraction of sp³-hybridized carbons (Fsp3) is 0.318. The van der Waals surface area contributed by atoms with Crippen LogP contribution in [0.25, 0.3) is 11.1 Å². The molecule has 0 radical (unpaired) electrons. The quantitative estimate of drug-likeness (QED) is 0.252. The number of alkyl halides is 4. The molecule has 1 aromatic heterocycles. The number of rotatable bonds is 7. The van der Waals surface area contributed by atoms with Gasteiger partial charge in [-0.25, -0.2) is 17.6 Å². The number of carbonyl (C=O) groups excluding carboxylic acids is 2. The number of carbonyl (C=O) groups is 2. The van der Waals surface area contributed by atoms with Gasteiger partial charge in [-0.15, -0.1) is 0 Å². The number of anilines is 1. The molecule has 3 N–H and O–H groups in total. The van der Waals surface area contributed by atoms with Crippen LogP contribution in [0.15, 0.2) is 42.4 Å². The number of nitrogens with one attached hydrogen (secondary N) is 1. The summed E-state index contributed by atoms with van der Waals surface area (Å²) >= 11 is 0. The van der Waals surface area contributed by atoms with E-state index in [0.29, 0.717) is 6.08 Å². The molecule has 0 atom stereocenters. The summed E-state index contributed by atoms with van der Waals surface area (Å²) in [6.07, 6.45) is 0.639. The van der Waals surface area contributed by atoms with Crippen LogP contribution in [0.4, 0.5) is 32.0 Å². The molecule has 0 aliphatic heterocycles. The number of halogens is 6. The number of hydrogen-bond donors (Lipinski definition) is 2. The molecule has 0 saturated heterocycles. The third kappa shape index (κ3) is 6.06. The first-order chi connectivity index (χ1) is 16.0. The number of nitrogens with zero attached hydrogens (tertiary/aromatic N) is 1. The van der Waals surface area contributed by atoms with E-state index in [0.717, 1.165) is 18.2 Å². The standard InChI is InChI=1S/C22H19F6N3O3/c23-12-1-2-15(24)14(9-12)13-5-8-30-18(11-3-6-22(27,28)7-4-11)19(13)31-20(33)16(32)10-17(29)34-21(25)26/h1-2,5,8-11,21H,3-4,6-7,29H2,(H,31,33)/b17-10+. The van der Waals surface area contributed by atoms with Gasteiger partial charge in [0.25, 0.3) is 5.91 Å². The molecule has 1 fully saturated rings. The Balaban J connectivity index is 2.02. The maximum absolute atomic E-state index is 14.5. The second kappa shape index (κ2) is 10.1. The van der Waals surface area contributed by atoms with Gasteiger partial charge in [-0.1, -0.05) is 0 Å². The zero-order valence-electron chi connectivity index (χ0n) is 17.5. The van der Waals surface area contributed by atoms with Gasteiger partial charge >= 0.3 is 6.61 Å². The van der Waals surface area contributed by atoms with E-state index in [4.69, 9.17) is 5.73 Å². The number of ketones is 1. The first-order valence-electron chi connectivity index (χ1n) is 10.1. The van der Waals surface area contributed by atoms with Gasteiger partial charge in [0, 0.05) is 36.1 Å². The molecule has 6 nitrogen and oxygen atoms in total. The Kier molecular flexibility index (Phi) is 7.48. The van der Waals surface area contributed by atoms with Crippen LogP contribution in [0.1, 0.15) is 37.3 Å². The van der Waals surface area contributed by atoms with Crippen LogP contribution in [-0.4, -0.2) is 29.2 Å². The molecule has 1 amide bonds. The Morgan fingerprint density at radius 3 is 2.47 bits per heavy atom. The third-order valence-electron chi connectivity index (χ3n) is 5.26. The Bertz CT molecular complexity index is 1110. The fourth-order valence-electron chi connectivity index (χ4n) is 3.67. The minimum atomic E-state index is -3.33. The van der Waals surface area contributed by atoms with E-state index in [-0.39, 0.29) is 35.3 Å². The van der Waals surface area contributed by atoms with Gasteiger partial charge in [0.15, 0.2) is 5.88 Å². The lowest BCUT2D eigenvalue weighted by Gasteiger charge is -2.29. The summed E-state index contributed by atoms with van der Waals surface area (Å²) in [5, 5.41) is 2.23. The highest BCUT2D eigenvalue weighted by Gasteiger charge is 2.37. The Morgan fingerprint density at radius 1 is 1.15 bits per heavy atom. The van der Waals surface area contributed by atoms with Gasteiger partial charge in [-0.05, 0) is 37.1 Å². The minimum Gasteiger partial charge on any atom is -0.419 e. The van der Waals surface area contributed by atoms with Crippen LogP contribution < -0.4 is 11.1 Å². The van der Waals surface area contributed by atoms with Gasteiger partial charge < -0.3 is 15.8 Å². The topological polar surface area (TPSA) is 94.3 Å². The average molecular weight is 487 g/mol. The molecule has 0 spiro atoms. The first kappa shape index (κ1) is 25.1. The predicted molar refractivity (Wildman–Crippen MR) is 109 cm³/mol. The van der Waals surface area contributed by atoms with Crippen molar-refractivity contribution in [2.45, 2.75) is 44.1 Å². The summed E-state index contributed by atoms with van der Waals surface area (Å²) < 4.78 is 83.9. The molecule has 3 rings (SSSR count). The van der Waals surface area contributed by atoms with Crippen molar-refractivity contribution in [2.24, 2.45) is 5.73 Å². The summed E-state index contributed by atoms with van der Waals surface area (Å²) in [6.45, 7) is -3.33. The van der Waals surface area contributed by atoms with Gasteiger partial charge in [0.2, 0.25) is 11.7 Å². The molecule has 12 heteroatoms. The third-order valence-corrected chi connectivity index (χ3v) is 5.26. The second-order valence-corrected chi connectivity index (χ2v) is 7.62. The van der Waals surface area contributed by atoms with E-state index in [9.17, 15) is 35.9 Å². The molecule has 2 aromatic rings. The molecule has 1 heterocycles. The molecular formula is C22H19F6N3O3. The molecule has 1 aliphatic carbocycles. The molecule has 1 saturated carbocycles. The Hall–Kier alpha value is -3.57. The number of amides is 1. The van der Waals surface area contributed by atoms with Crippen molar-refractivity contribution in [3.63, 3.8) is 0 Å². The number of ether oxygens (including phenoxy) is 1. The number of aromatic nitrogens is 1.